The summed E-state index contributed by atoms with van der Waals surface area (Å²) in [5, 5.41) is 44.4. The highest BCUT2D eigenvalue weighted by Crippen LogP contribution is 2.53. The summed E-state index contributed by atoms with van der Waals surface area (Å²) in [6.45, 7) is 5.76. The topological polar surface area (TPSA) is 169 Å². The first-order valence-electron chi connectivity index (χ1n) is 22.2. The fourth-order valence-corrected chi connectivity index (χ4v) is 8.25. The van der Waals surface area contributed by atoms with Crippen LogP contribution in [0.15, 0.2) is 91.0 Å². The van der Waals surface area contributed by atoms with Crippen molar-refractivity contribution in [3.8, 4) is 39.9 Å². The molecule has 334 valence electrons. The van der Waals surface area contributed by atoms with Crippen molar-refractivity contribution in [2.75, 3.05) is 64.6 Å². The molecular weight excluding hydrogens is 799 g/mol. The number of rotatable bonds is 21. The number of benzene rings is 4. The van der Waals surface area contributed by atoms with Crippen LogP contribution in [0.3, 0.4) is 0 Å². The molecule has 3 atom stereocenters. The van der Waals surface area contributed by atoms with E-state index in [4.69, 9.17) is 23.9 Å². The van der Waals surface area contributed by atoms with Crippen LogP contribution in [0.4, 0.5) is 5.82 Å². The number of fused-ring (bicyclic) bond motifs is 1. The van der Waals surface area contributed by atoms with Crippen molar-refractivity contribution < 1.29 is 44.2 Å². The van der Waals surface area contributed by atoms with Crippen LogP contribution in [0.1, 0.15) is 72.2 Å². The molecular formula is C51H61N3O9. The third-order valence-electron chi connectivity index (χ3n) is 11.8. The van der Waals surface area contributed by atoms with Gasteiger partial charge in [-0.1, -0.05) is 103 Å². The molecule has 7 rings (SSSR count). The van der Waals surface area contributed by atoms with Crippen molar-refractivity contribution in [2.45, 2.75) is 64.1 Å². The van der Waals surface area contributed by atoms with Crippen LogP contribution >= 0.6 is 0 Å². The summed E-state index contributed by atoms with van der Waals surface area (Å²) < 4.78 is 26.2. The molecule has 12 heteroatoms. The zero-order valence-corrected chi connectivity index (χ0v) is 36.3. The molecule has 5 aromatic rings. The highest BCUT2D eigenvalue weighted by atomic mass is 16.5. The molecule has 1 saturated heterocycles. The number of ketones is 1. The quantitative estimate of drug-likeness (QED) is 0.0493. The maximum absolute atomic E-state index is 12.0. The lowest BCUT2D eigenvalue weighted by molar-refractivity contribution is 0.141. The minimum atomic E-state index is -0.812. The third-order valence-corrected chi connectivity index (χ3v) is 11.8. The molecule has 1 aromatic heterocycles. The minimum Gasteiger partial charge on any atom is -0.508 e. The van der Waals surface area contributed by atoms with Crippen LogP contribution in [0.25, 0.3) is 17.2 Å². The molecule has 0 aliphatic carbocycles. The van der Waals surface area contributed by atoms with E-state index in [-0.39, 0.29) is 68.2 Å². The van der Waals surface area contributed by atoms with Crippen LogP contribution in [-0.4, -0.2) is 96.8 Å². The fourth-order valence-electron chi connectivity index (χ4n) is 8.25. The molecule has 0 spiro atoms. The molecule has 0 radical (unpaired) electrons. The van der Waals surface area contributed by atoms with Crippen LogP contribution in [0.5, 0.6) is 28.7 Å². The van der Waals surface area contributed by atoms with E-state index in [2.05, 4.69) is 47.5 Å². The number of aryl methyl sites for hydroxylation is 2. The van der Waals surface area contributed by atoms with Crippen molar-refractivity contribution in [1.82, 2.24) is 10.3 Å². The normalized spacial score (nSPS) is 16.1. The van der Waals surface area contributed by atoms with Gasteiger partial charge >= 0.3 is 5.78 Å². The largest absolute Gasteiger partial charge is 0.508 e. The molecule has 2 aliphatic heterocycles. The number of aromatic hydroxyl groups is 1. The Morgan fingerprint density at radius 2 is 1.73 bits per heavy atom. The number of phenolic OH excluding ortho intramolecular Hbond substituents is 1. The average Bonchev–Trinajstić information content (AvgIpc) is 3.76. The molecule has 0 amide bonds. The van der Waals surface area contributed by atoms with Gasteiger partial charge in [-0.05, 0) is 98.2 Å². The van der Waals surface area contributed by atoms with E-state index in [1.165, 1.54) is 7.11 Å². The number of anilines is 1. The van der Waals surface area contributed by atoms with Gasteiger partial charge in [0.15, 0.2) is 17.1 Å². The van der Waals surface area contributed by atoms with E-state index in [0.717, 1.165) is 71.9 Å². The molecule has 6 N–H and O–H groups in total. The lowest BCUT2D eigenvalue weighted by Gasteiger charge is -2.37. The summed E-state index contributed by atoms with van der Waals surface area (Å²) in [5.74, 6) is 2.12. The van der Waals surface area contributed by atoms with Crippen molar-refractivity contribution in [3.05, 3.63) is 125 Å². The predicted molar refractivity (Wildman–Crippen MR) is 246 cm³/mol. The second-order valence-corrected chi connectivity index (χ2v) is 16.2. The van der Waals surface area contributed by atoms with E-state index in [1.807, 2.05) is 36.4 Å². The smallest absolute Gasteiger partial charge is 0.335 e. The number of aliphatic hydroxyl groups is 3. The first kappa shape index (κ1) is 45.2. The number of piperazine rings is 1. The van der Waals surface area contributed by atoms with Gasteiger partial charge in [0.1, 0.15) is 24.0 Å². The molecule has 63 heavy (non-hydrogen) atoms. The first-order valence-corrected chi connectivity index (χ1v) is 22.2. The van der Waals surface area contributed by atoms with Crippen molar-refractivity contribution in [2.24, 2.45) is 5.92 Å². The minimum absolute atomic E-state index is 0.00770. The van der Waals surface area contributed by atoms with Crippen LogP contribution in [0, 0.1) is 5.92 Å². The fraction of sp³-hybridized carbons (Fsp3) is 0.392. The molecule has 1 unspecified atom stereocenters. The van der Waals surface area contributed by atoms with Gasteiger partial charge in [-0.15, -0.1) is 0 Å². The number of ether oxygens (including phenoxy) is 4. The number of carbonyl (C=O) groups excluding carboxylic acids is 1. The van der Waals surface area contributed by atoms with Crippen molar-refractivity contribution in [1.29, 1.82) is 0 Å². The van der Waals surface area contributed by atoms with E-state index >= 15 is 0 Å². The Bertz CT molecular complexity index is 2290. The number of nitrogens with zero attached hydrogens (tertiary/aromatic N) is 2. The molecule has 0 bridgehead atoms. The Morgan fingerprint density at radius 3 is 2.46 bits per heavy atom. The van der Waals surface area contributed by atoms with Crippen LogP contribution in [-0.2, 0) is 19.3 Å². The summed E-state index contributed by atoms with van der Waals surface area (Å²) >= 11 is 0. The molecule has 4 aromatic carbocycles. The van der Waals surface area contributed by atoms with E-state index in [9.17, 15) is 25.2 Å². The third kappa shape index (κ3) is 11.2. The van der Waals surface area contributed by atoms with Crippen molar-refractivity contribution >= 4 is 17.7 Å². The lowest BCUT2D eigenvalue weighted by Crippen LogP contribution is -2.44. The number of aliphatic hydroxyl groups excluding tert-OH is 3. The van der Waals surface area contributed by atoms with Gasteiger partial charge in [0.25, 0.3) is 0 Å². The van der Waals surface area contributed by atoms with E-state index in [1.54, 1.807) is 30.3 Å². The van der Waals surface area contributed by atoms with Crippen molar-refractivity contribution in [3.63, 3.8) is 0 Å². The highest BCUT2D eigenvalue weighted by Gasteiger charge is 2.41. The number of nitrogens with one attached hydrogen (secondary N) is 1. The van der Waals surface area contributed by atoms with Gasteiger partial charge in [0, 0.05) is 31.1 Å². The number of hydrogen-bond acceptors (Lipinski definition) is 10. The van der Waals surface area contributed by atoms with Gasteiger partial charge in [0.05, 0.1) is 26.4 Å². The molecule has 3 heterocycles. The second-order valence-electron chi connectivity index (χ2n) is 16.2. The lowest BCUT2D eigenvalue weighted by atomic mass is 9.90. The standard InChI is InChI=1S/C51H60N3O9/c1-3-39-30-43(51(53-39)54-25-23-52-24-26-54)38-13-7-11-35(29-38)15-21-42-47-46(44(59)31-45(63-47)37-16-19-40(57)20-17-37)49(50(60-2)48(42)62-33-36(32-56)12-8-27-55)61-28-22-41(58)18-14-34-9-5-4-6-10-34/h4-7,9-11,13-14,16-20,29-30,36,41,45,52,55-58H,3,8,12,15,21-28,31-33H2,1-2H3/q-1/p+1/b18-14+/t36-,41-,45?/m0/s1. The Morgan fingerprint density at radius 1 is 0.937 bits per heavy atom. The summed E-state index contributed by atoms with van der Waals surface area (Å²) in [6.07, 6.45) is 5.41. The highest BCUT2D eigenvalue weighted by molar-refractivity contribution is 6.05. The monoisotopic (exact) mass is 859 g/mol. The molecule has 12 nitrogen and oxygen atoms in total. The Labute approximate surface area is 370 Å². The number of aromatic nitrogens is 1. The summed E-state index contributed by atoms with van der Waals surface area (Å²) in [5.41, 5.74) is 7.05. The molecule has 0 saturated carbocycles. The number of hydrogen-bond donors (Lipinski definition) is 5. The first-order chi connectivity index (χ1) is 30.8. The van der Waals surface area contributed by atoms with E-state index in [0.29, 0.717) is 48.3 Å². The second kappa shape index (κ2) is 22.0. The maximum atomic E-state index is 12.0. The zero-order valence-electron chi connectivity index (χ0n) is 36.3. The predicted octanol–water partition coefficient (Wildman–Crippen LogP) is 6.80. The average molecular weight is 860 g/mol. The Balaban J connectivity index is 1.27. The maximum Gasteiger partial charge on any atom is 0.335 e. The van der Waals surface area contributed by atoms with Gasteiger partial charge < -0.3 is 54.6 Å². The SMILES string of the molecule is CCc1cc(-c2cccc(CCc3c(OC[C@H](CO)CCCO)c(OC)c(OCC[C@@H](O)/C=C/c4ccccc4)c4c3OC(c3ccc(O)cc3)CC4=[OH+])c2)c(N2CCNCC2)[n-]1. The van der Waals surface area contributed by atoms with Crippen LogP contribution in [0.2, 0.25) is 0 Å². The van der Waals surface area contributed by atoms with Gasteiger partial charge in [-0.2, -0.15) is 0 Å². The summed E-state index contributed by atoms with van der Waals surface area (Å²) in [6, 6.07) is 27.2. The van der Waals surface area contributed by atoms with Crippen LogP contribution < -0.4 is 34.1 Å². The van der Waals surface area contributed by atoms with Gasteiger partial charge in [0.2, 0.25) is 5.75 Å². The number of phenols is 1. The Kier molecular flexibility index (Phi) is 15.8. The number of methoxy groups -OCH3 is 1. The Hall–Kier alpha value is -5.79. The van der Waals surface area contributed by atoms with E-state index < -0.39 is 12.2 Å². The molecule has 1 fully saturated rings. The van der Waals surface area contributed by atoms with Gasteiger partial charge in [-0.3, -0.25) is 4.79 Å². The molecule has 2 aliphatic rings. The summed E-state index contributed by atoms with van der Waals surface area (Å²) in [4.78, 5) is 19.4. The zero-order chi connectivity index (χ0) is 44.1. The van der Waals surface area contributed by atoms with Gasteiger partial charge in [-0.25, -0.2) is 0 Å². The summed E-state index contributed by atoms with van der Waals surface area (Å²) in [7, 11) is 1.52.